The third kappa shape index (κ3) is 3.87. The molecule has 0 aliphatic heterocycles. The van der Waals surface area contributed by atoms with Gasteiger partial charge in [0.2, 0.25) is 10.0 Å². The van der Waals surface area contributed by atoms with E-state index in [2.05, 4.69) is 0 Å². The molecule has 0 saturated heterocycles. The lowest BCUT2D eigenvalue weighted by molar-refractivity contribution is 0.296. The lowest BCUT2D eigenvalue weighted by atomic mass is 10.2. The van der Waals surface area contributed by atoms with Crippen LogP contribution < -0.4 is 14.6 Å². The molecule has 112 valence electrons. The summed E-state index contributed by atoms with van der Waals surface area (Å²) >= 11 is 6.00. The molecule has 0 bridgehead atoms. The average Bonchev–Trinajstić information content (AvgIpc) is 2.45. The van der Waals surface area contributed by atoms with Crippen LogP contribution in [0.25, 0.3) is 0 Å². The summed E-state index contributed by atoms with van der Waals surface area (Å²) in [6.07, 6.45) is 0. The molecule has 7 heteroatoms. The molecule has 0 saturated carbocycles. The van der Waals surface area contributed by atoms with E-state index in [0.717, 1.165) is 5.56 Å². The highest BCUT2D eigenvalue weighted by Crippen LogP contribution is 2.28. The molecule has 0 unspecified atom stereocenters. The Morgan fingerprint density at radius 3 is 2.48 bits per heavy atom. The second-order valence-corrected chi connectivity index (χ2v) is 6.21. The Morgan fingerprint density at radius 1 is 1.14 bits per heavy atom. The Hall–Kier alpha value is -1.76. The number of rotatable bonds is 5. The summed E-state index contributed by atoms with van der Waals surface area (Å²) in [5, 5.41) is 5.21. The summed E-state index contributed by atoms with van der Waals surface area (Å²) in [5.41, 5.74) is 0.853. The van der Waals surface area contributed by atoms with Gasteiger partial charge in [-0.1, -0.05) is 29.8 Å². The van der Waals surface area contributed by atoms with Crippen molar-refractivity contribution < 1.29 is 17.9 Å². The van der Waals surface area contributed by atoms with Gasteiger partial charge in [0.1, 0.15) is 18.1 Å². The summed E-state index contributed by atoms with van der Waals surface area (Å²) in [4.78, 5) is -0.0582. The van der Waals surface area contributed by atoms with E-state index in [4.69, 9.17) is 26.2 Å². The fourth-order valence-corrected chi connectivity index (χ4v) is 2.59. The van der Waals surface area contributed by atoms with Gasteiger partial charge >= 0.3 is 0 Å². The first-order valence-corrected chi connectivity index (χ1v) is 7.91. The van der Waals surface area contributed by atoms with Gasteiger partial charge < -0.3 is 9.47 Å². The Balaban J connectivity index is 2.17. The maximum Gasteiger partial charge on any atom is 0.238 e. The van der Waals surface area contributed by atoms with Crippen LogP contribution >= 0.6 is 11.6 Å². The molecule has 0 atom stereocenters. The van der Waals surface area contributed by atoms with Crippen molar-refractivity contribution in [2.45, 2.75) is 11.5 Å². The quantitative estimate of drug-likeness (QED) is 0.915. The van der Waals surface area contributed by atoms with Gasteiger partial charge in [-0.05, 0) is 24.3 Å². The molecular weight excluding hydrogens is 314 g/mol. The molecule has 0 amide bonds. The molecule has 21 heavy (non-hydrogen) atoms. The van der Waals surface area contributed by atoms with E-state index in [0.29, 0.717) is 11.5 Å². The maximum atomic E-state index is 11.2. The Kier molecular flexibility index (Phi) is 4.72. The van der Waals surface area contributed by atoms with Crippen LogP contribution in [-0.2, 0) is 16.6 Å². The highest BCUT2D eigenvalue weighted by Gasteiger charge is 2.12. The topological polar surface area (TPSA) is 78.6 Å². The number of benzene rings is 2. The van der Waals surface area contributed by atoms with Crippen LogP contribution in [0.3, 0.4) is 0 Å². The second kappa shape index (κ2) is 6.34. The Labute approximate surface area is 128 Å². The first-order chi connectivity index (χ1) is 9.91. The van der Waals surface area contributed by atoms with Crippen molar-refractivity contribution in [1.29, 1.82) is 0 Å². The van der Waals surface area contributed by atoms with Crippen LogP contribution in [0, 0.1) is 0 Å². The van der Waals surface area contributed by atoms with Crippen molar-refractivity contribution in [2.24, 2.45) is 5.14 Å². The van der Waals surface area contributed by atoms with Crippen LogP contribution in [0.4, 0.5) is 0 Å². The number of sulfonamides is 1. The molecule has 0 fully saturated rings. The molecule has 0 spiro atoms. The smallest absolute Gasteiger partial charge is 0.238 e. The fourth-order valence-electron chi connectivity index (χ4n) is 1.75. The number of halogens is 1. The monoisotopic (exact) mass is 327 g/mol. The Morgan fingerprint density at radius 2 is 1.86 bits per heavy atom. The summed E-state index contributed by atoms with van der Waals surface area (Å²) < 4.78 is 33.2. The van der Waals surface area contributed by atoms with Gasteiger partial charge in [-0.15, -0.1) is 0 Å². The van der Waals surface area contributed by atoms with Gasteiger partial charge in [-0.2, -0.15) is 0 Å². The van der Waals surface area contributed by atoms with Crippen LogP contribution in [-0.4, -0.2) is 15.5 Å². The predicted molar refractivity (Wildman–Crippen MR) is 80.2 cm³/mol. The van der Waals surface area contributed by atoms with Crippen molar-refractivity contribution >= 4 is 21.6 Å². The van der Waals surface area contributed by atoms with Crippen molar-refractivity contribution in [1.82, 2.24) is 0 Å². The number of methoxy groups -OCH3 is 1. The number of hydrogen-bond donors (Lipinski definition) is 1. The van der Waals surface area contributed by atoms with E-state index in [1.165, 1.54) is 18.2 Å². The van der Waals surface area contributed by atoms with E-state index < -0.39 is 10.0 Å². The zero-order valence-corrected chi connectivity index (χ0v) is 12.8. The molecule has 0 aliphatic carbocycles. The minimum absolute atomic E-state index is 0.0582. The van der Waals surface area contributed by atoms with Gasteiger partial charge in [0.05, 0.1) is 17.0 Å². The van der Waals surface area contributed by atoms with E-state index >= 15 is 0 Å². The number of ether oxygens (including phenoxy) is 2. The molecule has 2 aromatic rings. The number of nitrogens with two attached hydrogens (primary N) is 1. The normalized spacial score (nSPS) is 11.2. The molecule has 0 aliphatic rings. The zero-order chi connectivity index (χ0) is 15.5. The molecular formula is C14H14ClNO4S. The van der Waals surface area contributed by atoms with Gasteiger partial charge in [-0.25, -0.2) is 13.6 Å². The van der Waals surface area contributed by atoms with Gasteiger partial charge in [0.25, 0.3) is 0 Å². The van der Waals surface area contributed by atoms with Gasteiger partial charge in [-0.3, -0.25) is 0 Å². The average molecular weight is 328 g/mol. The van der Waals surface area contributed by atoms with E-state index in [9.17, 15) is 8.42 Å². The highest BCUT2D eigenvalue weighted by molar-refractivity contribution is 7.89. The van der Waals surface area contributed by atoms with Crippen molar-refractivity contribution in [3.05, 3.63) is 53.1 Å². The molecule has 0 aromatic heterocycles. The summed E-state index contributed by atoms with van der Waals surface area (Å²) in [6.45, 7) is 0.248. The van der Waals surface area contributed by atoms with Crippen molar-refractivity contribution in [2.75, 3.05) is 7.11 Å². The maximum absolute atomic E-state index is 11.2. The predicted octanol–water partition coefficient (Wildman–Crippen LogP) is 2.58. The molecule has 2 rings (SSSR count). The zero-order valence-electron chi connectivity index (χ0n) is 11.2. The first kappa shape index (κ1) is 15.6. The third-order valence-electron chi connectivity index (χ3n) is 2.81. The molecule has 0 radical (unpaired) electrons. The van der Waals surface area contributed by atoms with Crippen molar-refractivity contribution in [3.63, 3.8) is 0 Å². The lowest BCUT2D eigenvalue weighted by Gasteiger charge is -2.11. The van der Waals surface area contributed by atoms with Crippen molar-refractivity contribution in [3.8, 4) is 11.5 Å². The number of para-hydroxylation sites is 1. The Bertz CT molecular complexity index is 746. The minimum Gasteiger partial charge on any atom is -0.496 e. The second-order valence-electron chi connectivity index (χ2n) is 4.24. The molecule has 2 N–H and O–H groups in total. The van der Waals surface area contributed by atoms with Crippen LogP contribution in [0.5, 0.6) is 11.5 Å². The SMILES string of the molecule is COc1ccccc1COc1ccc(S(N)(=O)=O)cc1Cl. The molecule has 0 heterocycles. The van der Waals surface area contributed by atoms with Crippen LogP contribution in [0.2, 0.25) is 5.02 Å². The summed E-state index contributed by atoms with van der Waals surface area (Å²) in [5.74, 6) is 1.07. The van der Waals surface area contributed by atoms with Gasteiger partial charge in [0.15, 0.2) is 0 Å². The standard InChI is InChI=1S/C14H14ClNO4S/c1-19-13-5-3-2-4-10(13)9-20-14-7-6-11(8-12(14)15)21(16,17)18/h2-8H,9H2,1H3,(H2,16,17,18). The van der Waals surface area contributed by atoms with Crippen LogP contribution in [0.1, 0.15) is 5.56 Å². The first-order valence-electron chi connectivity index (χ1n) is 5.99. The third-order valence-corrected chi connectivity index (χ3v) is 4.01. The molecule has 2 aromatic carbocycles. The summed E-state index contributed by atoms with van der Waals surface area (Å²) in [7, 11) is -2.20. The minimum atomic E-state index is -3.78. The van der Waals surface area contributed by atoms with Crippen LogP contribution in [0.15, 0.2) is 47.4 Å². The highest BCUT2D eigenvalue weighted by atomic mass is 35.5. The van der Waals surface area contributed by atoms with E-state index in [1.807, 2.05) is 24.3 Å². The number of hydrogen-bond acceptors (Lipinski definition) is 4. The van der Waals surface area contributed by atoms with E-state index in [1.54, 1.807) is 7.11 Å². The largest absolute Gasteiger partial charge is 0.496 e. The van der Waals surface area contributed by atoms with E-state index in [-0.39, 0.29) is 16.5 Å². The molecule has 5 nitrogen and oxygen atoms in total. The number of primary sulfonamides is 1. The fraction of sp³-hybridized carbons (Fsp3) is 0.143. The lowest BCUT2D eigenvalue weighted by Crippen LogP contribution is -2.12. The van der Waals surface area contributed by atoms with Gasteiger partial charge in [0, 0.05) is 5.56 Å². The summed E-state index contributed by atoms with van der Waals surface area (Å²) in [6, 6.07) is 11.5.